The second-order valence-corrected chi connectivity index (χ2v) is 5.50. The average Bonchev–Trinajstić information content (AvgIpc) is 2.53. The molecule has 0 atom stereocenters. The number of nitrogens with zero attached hydrogens (tertiary/aromatic N) is 3. The van der Waals surface area contributed by atoms with Crippen molar-refractivity contribution >= 4 is 16.9 Å². The molecular weight excluding hydrogens is 248 g/mol. The molecule has 20 heavy (non-hydrogen) atoms. The highest BCUT2D eigenvalue weighted by Gasteiger charge is 2.22. The molecule has 106 valence electrons. The molecule has 0 saturated heterocycles. The fourth-order valence-corrected chi connectivity index (χ4v) is 3.08. The van der Waals surface area contributed by atoms with E-state index in [9.17, 15) is 0 Å². The monoisotopic (exact) mass is 270 g/mol. The number of anilines is 1. The van der Waals surface area contributed by atoms with Crippen LogP contribution in [0.15, 0.2) is 30.5 Å². The van der Waals surface area contributed by atoms with E-state index in [1.807, 2.05) is 30.5 Å². The number of aromatic nitrogens is 2. The Balaban J connectivity index is 1.91. The molecule has 1 aliphatic rings. The van der Waals surface area contributed by atoms with Crippen LogP contribution in [0.2, 0.25) is 0 Å². The third kappa shape index (κ3) is 2.75. The maximum absolute atomic E-state index is 5.79. The summed E-state index contributed by atoms with van der Waals surface area (Å²) in [5.41, 5.74) is 6.80. The highest BCUT2D eigenvalue weighted by Crippen LogP contribution is 2.25. The standard InChI is InChI=1S/C16H22N4/c17-10-11-20(14-7-2-1-3-8-14)16-18-12-13-6-4-5-9-15(13)19-16/h4-6,9,12,14H,1-3,7-8,10-11,17H2. The van der Waals surface area contributed by atoms with Crippen LogP contribution in [-0.2, 0) is 0 Å². The van der Waals surface area contributed by atoms with Crippen LogP contribution in [0.1, 0.15) is 32.1 Å². The Kier molecular flexibility index (Phi) is 4.11. The number of benzene rings is 1. The maximum Gasteiger partial charge on any atom is 0.226 e. The molecule has 1 aromatic carbocycles. The summed E-state index contributed by atoms with van der Waals surface area (Å²) in [5.74, 6) is 0.834. The van der Waals surface area contributed by atoms with Crippen LogP contribution in [0, 0.1) is 0 Å². The molecule has 1 fully saturated rings. The van der Waals surface area contributed by atoms with E-state index in [1.54, 1.807) is 0 Å². The molecular formula is C16H22N4. The first kappa shape index (κ1) is 13.3. The van der Waals surface area contributed by atoms with Gasteiger partial charge in [-0.15, -0.1) is 0 Å². The molecule has 1 heterocycles. The lowest BCUT2D eigenvalue weighted by Gasteiger charge is -2.34. The van der Waals surface area contributed by atoms with Crippen molar-refractivity contribution in [3.05, 3.63) is 30.5 Å². The van der Waals surface area contributed by atoms with Crippen LogP contribution in [-0.4, -0.2) is 29.1 Å². The quantitative estimate of drug-likeness (QED) is 0.928. The minimum Gasteiger partial charge on any atom is -0.337 e. The summed E-state index contributed by atoms with van der Waals surface area (Å²) in [7, 11) is 0. The van der Waals surface area contributed by atoms with Crippen molar-refractivity contribution in [2.45, 2.75) is 38.1 Å². The second-order valence-electron chi connectivity index (χ2n) is 5.50. The zero-order chi connectivity index (χ0) is 13.8. The summed E-state index contributed by atoms with van der Waals surface area (Å²) in [6, 6.07) is 8.68. The van der Waals surface area contributed by atoms with Gasteiger partial charge in [-0.1, -0.05) is 37.5 Å². The Hall–Kier alpha value is -1.68. The predicted octanol–water partition coefficient (Wildman–Crippen LogP) is 2.73. The number of fused-ring (bicyclic) bond motifs is 1. The topological polar surface area (TPSA) is 55.0 Å². The van der Waals surface area contributed by atoms with Gasteiger partial charge < -0.3 is 10.6 Å². The zero-order valence-corrected chi connectivity index (χ0v) is 11.8. The number of rotatable bonds is 4. The molecule has 0 amide bonds. The van der Waals surface area contributed by atoms with Gasteiger partial charge in [-0.05, 0) is 18.9 Å². The van der Waals surface area contributed by atoms with Gasteiger partial charge in [-0.3, -0.25) is 0 Å². The summed E-state index contributed by atoms with van der Waals surface area (Å²) in [4.78, 5) is 11.6. The first-order valence-corrected chi connectivity index (χ1v) is 7.57. The third-order valence-corrected chi connectivity index (χ3v) is 4.12. The molecule has 4 nitrogen and oxygen atoms in total. The van der Waals surface area contributed by atoms with E-state index < -0.39 is 0 Å². The maximum atomic E-state index is 5.79. The van der Waals surface area contributed by atoms with Crippen LogP contribution in [0.25, 0.3) is 10.9 Å². The molecule has 0 bridgehead atoms. The number of hydrogen-bond donors (Lipinski definition) is 1. The molecule has 1 aliphatic carbocycles. The normalized spacial score (nSPS) is 16.4. The molecule has 0 unspecified atom stereocenters. The molecule has 0 aliphatic heterocycles. The number of hydrogen-bond acceptors (Lipinski definition) is 4. The van der Waals surface area contributed by atoms with Gasteiger partial charge in [0.15, 0.2) is 0 Å². The van der Waals surface area contributed by atoms with Gasteiger partial charge in [-0.2, -0.15) is 0 Å². The van der Waals surface area contributed by atoms with Gasteiger partial charge in [0.25, 0.3) is 0 Å². The highest BCUT2D eigenvalue weighted by atomic mass is 15.3. The first-order chi connectivity index (χ1) is 9.88. The molecule has 0 spiro atoms. The number of nitrogens with two attached hydrogens (primary N) is 1. The third-order valence-electron chi connectivity index (χ3n) is 4.12. The van der Waals surface area contributed by atoms with Crippen LogP contribution in [0.5, 0.6) is 0 Å². The van der Waals surface area contributed by atoms with Crippen molar-refractivity contribution in [3.63, 3.8) is 0 Å². The van der Waals surface area contributed by atoms with E-state index in [0.717, 1.165) is 23.4 Å². The Bertz CT molecular complexity index is 563. The first-order valence-electron chi connectivity index (χ1n) is 7.57. The van der Waals surface area contributed by atoms with Gasteiger partial charge >= 0.3 is 0 Å². The largest absolute Gasteiger partial charge is 0.337 e. The van der Waals surface area contributed by atoms with Gasteiger partial charge in [-0.25, -0.2) is 9.97 Å². The van der Waals surface area contributed by atoms with Crippen molar-refractivity contribution in [2.24, 2.45) is 5.73 Å². The van der Waals surface area contributed by atoms with Crippen LogP contribution < -0.4 is 10.6 Å². The SMILES string of the molecule is NCCN(c1ncc2ccccc2n1)C1CCCCC1. The molecule has 0 radical (unpaired) electrons. The lowest BCUT2D eigenvalue weighted by Crippen LogP contribution is -2.41. The Labute approximate surface area is 120 Å². The van der Waals surface area contributed by atoms with E-state index in [0.29, 0.717) is 12.6 Å². The molecule has 1 saturated carbocycles. The summed E-state index contributed by atoms with van der Waals surface area (Å²) in [5, 5.41) is 1.09. The smallest absolute Gasteiger partial charge is 0.226 e. The van der Waals surface area contributed by atoms with E-state index in [1.165, 1.54) is 32.1 Å². The van der Waals surface area contributed by atoms with E-state index in [2.05, 4.69) is 9.88 Å². The predicted molar refractivity (Wildman–Crippen MR) is 82.8 cm³/mol. The Morgan fingerprint density at radius 2 is 1.95 bits per heavy atom. The van der Waals surface area contributed by atoms with Crippen molar-refractivity contribution in [3.8, 4) is 0 Å². The zero-order valence-electron chi connectivity index (χ0n) is 11.8. The fraction of sp³-hybridized carbons (Fsp3) is 0.500. The minimum atomic E-state index is 0.550. The molecule has 1 aromatic heterocycles. The lowest BCUT2D eigenvalue weighted by molar-refractivity contribution is 0.412. The van der Waals surface area contributed by atoms with E-state index >= 15 is 0 Å². The molecule has 2 aromatic rings. The lowest BCUT2D eigenvalue weighted by atomic mass is 9.94. The second kappa shape index (κ2) is 6.18. The van der Waals surface area contributed by atoms with Crippen LogP contribution in [0.3, 0.4) is 0 Å². The van der Waals surface area contributed by atoms with E-state index in [4.69, 9.17) is 10.7 Å². The van der Waals surface area contributed by atoms with Crippen molar-refractivity contribution in [1.29, 1.82) is 0 Å². The summed E-state index contributed by atoms with van der Waals surface area (Å²) in [6.45, 7) is 1.48. The van der Waals surface area contributed by atoms with Crippen molar-refractivity contribution in [1.82, 2.24) is 9.97 Å². The van der Waals surface area contributed by atoms with Crippen molar-refractivity contribution < 1.29 is 0 Å². The number of para-hydroxylation sites is 1. The summed E-state index contributed by atoms with van der Waals surface area (Å²) >= 11 is 0. The van der Waals surface area contributed by atoms with Crippen molar-refractivity contribution in [2.75, 3.05) is 18.0 Å². The Morgan fingerprint density at radius 1 is 1.15 bits per heavy atom. The summed E-state index contributed by atoms with van der Waals surface area (Å²) in [6.07, 6.45) is 8.35. The van der Waals surface area contributed by atoms with E-state index in [-0.39, 0.29) is 0 Å². The van der Waals surface area contributed by atoms with Gasteiger partial charge in [0.2, 0.25) is 5.95 Å². The van der Waals surface area contributed by atoms with Crippen LogP contribution in [0.4, 0.5) is 5.95 Å². The van der Waals surface area contributed by atoms with Gasteiger partial charge in [0.05, 0.1) is 5.52 Å². The minimum absolute atomic E-state index is 0.550. The van der Waals surface area contributed by atoms with Crippen LogP contribution >= 0.6 is 0 Å². The molecule has 4 heteroatoms. The molecule has 3 rings (SSSR count). The summed E-state index contributed by atoms with van der Waals surface area (Å²) < 4.78 is 0. The average molecular weight is 270 g/mol. The molecule has 2 N–H and O–H groups in total. The Morgan fingerprint density at radius 3 is 2.75 bits per heavy atom. The van der Waals surface area contributed by atoms with Gasteiger partial charge in [0, 0.05) is 30.7 Å². The fourth-order valence-electron chi connectivity index (χ4n) is 3.08. The highest BCUT2D eigenvalue weighted by molar-refractivity contribution is 5.78. The van der Waals surface area contributed by atoms with Gasteiger partial charge in [0.1, 0.15) is 0 Å².